The summed E-state index contributed by atoms with van der Waals surface area (Å²) in [6.45, 7) is 3.26. The Kier molecular flexibility index (Phi) is 3.84. The average molecular weight is 334 g/mol. The van der Waals surface area contributed by atoms with Gasteiger partial charge in [-0.1, -0.05) is 13.3 Å². The van der Waals surface area contributed by atoms with Crippen LogP contribution in [0.25, 0.3) is 6.08 Å². The van der Waals surface area contributed by atoms with E-state index in [0.29, 0.717) is 30.3 Å². The molecule has 0 unspecified atom stereocenters. The first-order chi connectivity index (χ1) is 12.2. The van der Waals surface area contributed by atoms with Crippen molar-refractivity contribution in [3.8, 4) is 5.75 Å². The highest BCUT2D eigenvalue weighted by atomic mass is 16.5. The first-order valence-corrected chi connectivity index (χ1v) is 8.46. The monoisotopic (exact) mass is 334 g/mol. The maximum Gasteiger partial charge on any atom is 0.189 e. The van der Waals surface area contributed by atoms with Crippen LogP contribution >= 0.6 is 0 Å². The summed E-state index contributed by atoms with van der Waals surface area (Å²) < 4.78 is 5.65. The summed E-state index contributed by atoms with van der Waals surface area (Å²) in [5, 5.41) is 0. The van der Waals surface area contributed by atoms with Gasteiger partial charge in [-0.25, -0.2) is 4.98 Å². The van der Waals surface area contributed by atoms with Gasteiger partial charge >= 0.3 is 0 Å². The Hall–Kier alpha value is -2.95. The molecule has 0 atom stereocenters. The highest BCUT2D eigenvalue weighted by Gasteiger charge is 2.25. The molecule has 25 heavy (non-hydrogen) atoms. The molecular weight excluding hydrogens is 316 g/mol. The molecule has 2 aliphatic rings. The summed E-state index contributed by atoms with van der Waals surface area (Å²) in [4.78, 5) is 29.8. The number of rotatable bonds is 4. The van der Waals surface area contributed by atoms with Crippen molar-refractivity contribution in [3.63, 3.8) is 0 Å². The van der Waals surface area contributed by atoms with Crippen LogP contribution in [-0.2, 0) is 0 Å². The van der Waals surface area contributed by atoms with Crippen LogP contribution in [0.4, 0.5) is 11.5 Å². The Morgan fingerprint density at radius 1 is 1.32 bits per heavy atom. The predicted molar refractivity (Wildman–Crippen MR) is 95.8 cm³/mol. The molecule has 2 heterocycles. The first kappa shape index (κ1) is 15.6. The maximum atomic E-state index is 12.4. The zero-order valence-corrected chi connectivity index (χ0v) is 14.0. The normalized spacial score (nSPS) is 15.3. The fraction of sp³-hybridized carbons (Fsp3) is 0.250. The second kappa shape index (κ2) is 6.16. The number of benzene rings is 1. The summed E-state index contributed by atoms with van der Waals surface area (Å²) in [5.74, 6) is 1.44. The predicted octanol–water partition coefficient (Wildman–Crippen LogP) is 3.80. The van der Waals surface area contributed by atoms with E-state index in [1.165, 1.54) is 0 Å². The molecule has 1 aliphatic carbocycles. The van der Waals surface area contributed by atoms with Crippen molar-refractivity contribution in [2.75, 3.05) is 18.1 Å². The smallest absolute Gasteiger partial charge is 0.189 e. The number of nitrogens with zero attached hydrogens (tertiary/aromatic N) is 2. The van der Waals surface area contributed by atoms with Crippen LogP contribution in [0.15, 0.2) is 36.0 Å². The number of aldehydes is 1. The zero-order valence-electron chi connectivity index (χ0n) is 14.0. The molecular formula is C20H18N2O3. The summed E-state index contributed by atoms with van der Waals surface area (Å²) in [6.07, 6.45) is 6.06. The summed E-state index contributed by atoms with van der Waals surface area (Å²) in [7, 11) is 0. The molecule has 0 bridgehead atoms. The van der Waals surface area contributed by atoms with Gasteiger partial charge in [0, 0.05) is 28.6 Å². The Morgan fingerprint density at radius 2 is 2.20 bits per heavy atom. The van der Waals surface area contributed by atoms with Crippen molar-refractivity contribution in [3.05, 3.63) is 52.7 Å². The van der Waals surface area contributed by atoms with Crippen LogP contribution in [0.5, 0.6) is 5.75 Å². The molecule has 0 fully saturated rings. The quantitative estimate of drug-likeness (QED) is 0.796. The van der Waals surface area contributed by atoms with E-state index in [9.17, 15) is 9.59 Å². The van der Waals surface area contributed by atoms with Gasteiger partial charge in [0.25, 0.3) is 0 Å². The van der Waals surface area contributed by atoms with E-state index in [2.05, 4.69) is 16.8 Å². The molecule has 5 nitrogen and oxygen atoms in total. The number of hydrogen-bond acceptors (Lipinski definition) is 5. The molecule has 5 heteroatoms. The summed E-state index contributed by atoms with van der Waals surface area (Å²) in [5.41, 5.74) is 4.07. The number of hydrogen-bond donors (Lipinski definition) is 0. The number of carbonyl (C=O) groups excluding carboxylic acids is 2. The van der Waals surface area contributed by atoms with Gasteiger partial charge in [0.2, 0.25) is 0 Å². The number of ether oxygens (including phenoxy) is 1. The molecule has 126 valence electrons. The highest BCUT2D eigenvalue weighted by molar-refractivity contribution is 6.18. The maximum absolute atomic E-state index is 12.4. The summed E-state index contributed by atoms with van der Waals surface area (Å²) in [6, 6.07) is 7.57. The van der Waals surface area contributed by atoms with E-state index in [-0.39, 0.29) is 5.78 Å². The van der Waals surface area contributed by atoms with Crippen LogP contribution in [0.2, 0.25) is 0 Å². The molecule has 0 spiro atoms. The minimum Gasteiger partial charge on any atom is -0.488 e. The number of carbonyl (C=O) groups is 2. The van der Waals surface area contributed by atoms with E-state index in [1.54, 1.807) is 12.3 Å². The van der Waals surface area contributed by atoms with Gasteiger partial charge in [0.05, 0.1) is 6.54 Å². The summed E-state index contributed by atoms with van der Waals surface area (Å²) >= 11 is 0. The molecule has 1 aliphatic heterocycles. The second-order valence-corrected chi connectivity index (χ2v) is 6.23. The van der Waals surface area contributed by atoms with Crippen molar-refractivity contribution >= 4 is 29.7 Å². The molecule has 0 saturated heterocycles. The Bertz CT molecular complexity index is 902. The first-order valence-electron chi connectivity index (χ1n) is 8.46. The van der Waals surface area contributed by atoms with E-state index in [1.807, 2.05) is 24.3 Å². The van der Waals surface area contributed by atoms with Gasteiger partial charge in [0.1, 0.15) is 6.61 Å². The number of Topliss-reactive ketones (excluding diaryl/α,β-unsaturated/α-hetero) is 1. The topological polar surface area (TPSA) is 59.5 Å². The van der Waals surface area contributed by atoms with Crippen molar-refractivity contribution in [2.24, 2.45) is 0 Å². The van der Waals surface area contributed by atoms with Crippen molar-refractivity contribution < 1.29 is 14.3 Å². The Balaban J connectivity index is 1.72. The van der Waals surface area contributed by atoms with Gasteiger partial charge < -0.3 is 9.64 Å². The zero-order chi connectivity index (χ0) is 17.4. The lowest BCUT2D eigenvalue weighted by Crippen LogP contribution is -2.29. The number of anilines is 2. The second-order valence-electron chi connectivity index (χ2n) is 6.23. The third-order valence-electron chi connectivity index (χ3n) is 4.55. The van der Waals surface area contributed by atoms with E-state index in [4.69, 9.17) is 4.74 Å². The van der Waals surface area contributed by atoms with Crippen LogP contribution in [0.3, 0.4) is 0 Å². The number of allylic oxidation sites excluding steroid dienone is 1. The Morgan fingerprint density at radius 3 is 3.00 bits per heavy atom. The van der Waals surface area contributed by atoms with Crippen LogP contribution in [0.1, 0.15) is 46.0 Å². The molecule has 0 saturated carbocycles. The van der Waals surface area contributed by atoms with Crippen LogP contribution in [0, 0.1) is 0 Å². The molecule has 0 N–H and O–H groups in total. The van der Waals surface area contributed by atoms with Crippen molar-refractivity contribution in [1.29, 1.82) is 0 Å². The largest absolute Gasteiger partial charge is 0.488 e. The molecule has 1 aromatic heterocycles. The van der Waals surface area contributed by atoms with E-state index < -0.39 is 0 Å². The number of ketones is 1. The SMILES string of the molecule is CCCC1=Cc2cc(N3CCOc4cc(C=O)cnc43)ccc2C1=O. The molecule has 0 amide bonds. The minimum absolute atomic E-state index is 0.138. The number of fused-ring (bicyclic) bond motifs is 2. The van der Waals surface area contributed by atoms with Crippen LogP contribution in [-0.4, -0.2) is 30.2 Å². The standard InChI is InChI=1S/C20H18N2O3/c1-2-3-14-9-15-10-16(4-5-17(15)19(14)24)22-6-7-25-18-8-13(12-23)11-21-20(18)22/h4-5,8-12H,2-3,6-7H2,1H3. The number of aromatic nitrogens is 1. The Labute approximate surface area is 145 Å². The molecule has 4 rings (SSSR count). The number of pyridine rings is 1. The van der Waals surface area contributed by atoms with Crippen molar-refractivity contribution in [2.45, 2.75) is 19.8 Å². The van der Waals surface area contributed by atoms with E-state index >= 15 is 0 Å². The lowest BCUT2D eigenvalue weighted by atomic mass is 10.1. The van der Waals surface area contributed by atoms with Gasteiger partial charge in [-0.3, -0.25) is 9.59 Å². The van der Waals surface area contributed by atoms with Gasteiger partial charge in [0.15, 0.2) is 23.6 Å². The average Bonchev–Trinajstić information content (AvgIpc) is 2.96. The minimum atomic E-state index is 0.138. The third-order valence-corrected chi connectivity index (χ3v) is 4.55. The molecule has 1 aromatic carbocycles. The van der Waals surface area contributed by atoms with Gasteiger partial charge in [-0.2, -0.15) is 0 Å². The van der Waals surface area contributed by atoms with E-state index in [0.717, 1.165) is 41.5 Å². The fourth-order valence-corrected chi connectivity index (χ4v) is 3.36. The fourth-order valence-electron chi connectivity index (χ4n) is 3.36. The third kappa shape index (κ3) is 2.61. The van der Waals surface area contributed by atoms with Gasteiger partial charge in [-0.15, -0.1) is 0 Å². The lowest BCUT2D eigenvalue weighted by molar-refractivity contribution is 0.103. The molecule has 2 aromatic rings. The van der Waals surface area contributed by atoms with Crippen LogP contribution < -0.4 is 9.64 Å². The highest BCUT2D eigenvalue weighted by Crippen LogP contribution is 2.37. The van der Waals surface area contributed by atoms with Gasteiger partial charge in [-0.05, 0) is 42.3 Å². The lowest BCUT2D eigenvalue weighted by Gasteiger charge is -2.30. The molecule has 0 radical (unpaired) electrons. The van der Waals surface area contributed by atoms with Crippen molar-refractivity contribution in [1.82, 2.24) is 4.98 Å².